The summed E-state index contributed by atoms with van der Waals surface area (Å²) >= 11 is 3.07. The van der Waals surface area contributed by atoms with Crippen LogP contribution in [0.3, 0.4) is 0 Å². The topological polar surface area (TPSA) is 72.0 Å². The lowest BCUT2D eigenvalue weighted by molar-refractivity contribution is 0.555. The number of hydrogen-bond donors (Lipinski definition) is 1. The maximum atomic E-state index is 13.6. The van der Waals surface area contributed by atoms with Crippen LogP contribution in [0.15, 0.2) is 46.2 Å². The van der Waals surface area contributed by atoms with Crippen molar-refractivity contribution >= 4 is 26.0 Å². The Morgan fingerprint density at radius 3 is 2.74 bits per heavy atom. The van der Waals surface area contributed by atoms with Crippen LogP contribution in [0.2, 0.25) is 0 Å². The first-order valence-electron chi connectivity index (χ1n) is 5.18. The van der Waals surface area contributed by atoms with Crippen LogP contribution in [0, 0.1) is 5.82 Å². The van der Waals surface area contributed by atoms with Crippen LogP contribution in [-0.2, 0) is 16.6 Å². The van der Waals surface area contributed by atoms with Crippen molar-refractivity contribution in [2.45, 2.75) is 11.4 Å². The third kappa shape index (κ3) is 3.55. The standard InChI is InChI=1S/C11H9BrFN3O2S/c12-8-1-2-11(10(13)5-8)19(17,18)16-6-9-3-4-14-7-15-9/h1-5,7,16H,6H2. The first kappa shape index (κ1) is 14.0. The predicted molar refractivity (Wildman–Crippen MR) is 70.2 cm³/mol. The summed E-state index contributed by atoms with van der Waals surface area (Å²) < 4.78 is 40.2. The van der Waals surface area contributed by atoms with Crippen LogP contribution in [0.5, 0.6) is 0 Å². The van der Waals surface area contributed by atoms with Crippen LogP contribution in [0.1, 0.15) is 5.69 Å². The van der Waals surface area contributed by atoms with Gasteiger partial charge >= 0.3 is 0 Å². The molecule has 1 N–H and O–H groups in total. The average molecular weight is 346 g/mol. The van der Waals surface area contributed by atoms with Gasteiger partial charge in [-0.3, -0.25) is 0 Å². The van der Waals surface area contributed by atoms with E-state index in [4.69, 9.17) is 0 Å². The van der Waals surface area contributed by atoms with E-state index in [9.17, 15) is 12.8 Å². The second-order valence-electron chi connectivity index (χ2n) is 3.60. The Kier molecular flexibility index (Phi) is 4.23. The van der Waals surface area contributed by atoms with Crippen molar-refractivity contribution in [2.75, 3.05) is 0 Å². The lowest BCUT2D eigenvalue weighted by Gasteiger charge is -2.07. The highest BCUT2D eigenvalue weighted by Gasteiger charge is 2.18. The van der Waals surface area contributed by atoms with Gasteiger partial charge in [0.15, 0.2) is 0 Å². The van der Waals surface area contributed by atoms with Crippen molar-refractivity contribution in [3.05, 3.63) is 52.8 Å². The van der Waals surface area contributed by atoms with Gasteiger partial charge in [0.25, 0.3) is 0 Å². The van der Waals surface area contributed by atoms with Crippen molar-refractivity contribution in [1.82, 2.24) is 14.7 Å². The molecule has 100 valence electrons. The Labute approximate surface area is 118 Å². The number of halogens is 2. The Morgan fingerprint density at radius 1 is 1.32 bits per heavy atom. The van der Waals surface area contributed by atoms with Crippen molar-refractivity contribution < 1.29 is 12.8 Å². The summed E-state index contributed by atoms with van der Waals surface area (Å²) in [5.41, 5.74) is 0.496. The van der Waals surface area contributed by atoms with Crippen molar-refractivity contribution in [3.8, 4) is 0 Å². The molecule has 0 amide bonds. The fourth-order valence-electron chi connectivity index (χ4n) is 1.36. The van der Waals surface area contributed by atoms with E-state index in [0.29, 0.717) is 10.2 Å². The molecular formula is C11H9BrFN3O2S. The lowest BCUT2D eigenvalue weighted by Crippen LogP contribution is -2.24. The first-order chi connectivity index (χ1) is 8.99. The highest BCUT2D eigenvalue weighted by atomic mass is 79.9. The number of rotatable bonds is 4. The molecule has 0 aliphatic carbocycles. The van der Waals surface area contributed by atoms with Gasteiger partial charge in [0, 0.05) is 10.7 Å². The zero-order valence-corrected chi connectivity index (χ0v) is 11.9. The van der Waals surface area contributed by atoms with Crippen LogP contribution < -0.4 is 4.72 Å². The van der Waals surface area contributed by atoms with E-state index in [1.165, 1.54) is 24.7 Å². The molecule has 2 rings (SSSR count). The molecule has 0 radical (unpaired) electrons. The molecule has 0 bridgehead atoms. The van der Waals surface area contributed by atoms with E-state index in [2.05, 4.69) is 30.6 Å². The molecule has 1 heterocycles. The normalized spacial score (nSPS) is 11.5. The number of sulfonamides is 1. The smallest absolute Gasteiger partial charge is 0.243 e. The minimum atomic E-state index is -3.91. The fourth-order valence-corrected chi connectivity index (χ4v) is 2.75. The van der Waals surface area contributed by atoms with E-state index in [1.807, 2.05) is 0 Å². The van der Waals surface area contributed by atoms with Gasteiger partial charge < -0.3 is 0 Å². The predicted octanol–water partition coefficient (Wildman–Crippen LogP) is 1.86. The van der Waals surface area contributed by atoms with E-state index < -0.39 is 20.7 Å². The third-order valence-electron chi connectivity index (χ3n) is 2.27. The first-order valence-corrected chi connectivity index (χ1v) is 7.46. The summed E-state index contributed by atoms with van der Waals surface area (Å²) in [5, 5.41) is 0. The number of benzene rings is 1. The number of hydrogen-bond acceptors (Lipinski definition) is 4. The minimum Gasteiger partial charge on any atom is -0.245 e. The Hall–Kier alpha value is -1.38. The molecule has 1 aromatic heterocycles. The average Bonchev–Trinajstić information content (AvgIpc) is 2.37. The Morgan fingerprint density at radius 2 is 2.11 bits per heavy atom. The van der Waals surface area contributed by atoms with Gasteiger partial charge in [-0.2, -0.15) is 0 Å². The Bertz CT molecular complexity index is 680. The fraction of sp³-hybridized carbons (Fsp3) is 0.0909. The Balaban J connectivity index is 2.19. The molecule has 0 saturated heterocycles. The summed E-state index contributed by atoms with van der Waals surface area (Å²) in [6, 6.07) is 5.32. The molecule has 5 nitrogen and oxygen atoms in total. The monoisotopic (exact) mass is 345 g/mol. The van der Waals surface area contributed by atoms with Gasteiger partial charge in [-0.05, 0) is 24.3 Å². The molecule has 0 unspecified atom stereocenters. The SMILES string of the molecule is O=S(=O)(NCc1ccncn1)c1ccc(Br)cc1F. The maximum Gasteiger partial charge on any atom is 0.243 e. The van der Waals surface area contributed by atoms with Crippen molar-refractivity contribution in [3.63, 3.8) is 0 Å². The summed E-state index contributed by atoms with van der Waals surface area (Å²) in [4.78, 5) is 7.19. The van der Waals surface area contributed by atoms with Gasteiger partial charge in [0.05, 0.1) is 12.2 Å². The highest BCUT2D eigenvalue weighted by molar-refractivity contribution is 9.10. The quantitative estimate of drug-likeness (QED) is 0.917. The van der Waals surface area contributed by atoms with E-state index in [0.717, 1.165) is 6.07 Å². The van der Waals surface area contributed by atoms with Gasteiger partial charge in [-0.1, -0.05) is 15.9 Å². The second-order valence-corrected chi connectivity index (χ2v) is 6.25. The molecule has 0 spiro atoms. The molecule has 0 fully saturated rings. The molecule has 2 aromatic rings. The summed E-state index contributed by atoms with van der Waals surface area (Å²) in [5.74, 6) is -0.815. The molecule has 0 aliphatic rings. The molecule has 0 saturated carbocycles. The summed E-state index contributed by atoms with van der Waals surface area (Å²) in [7, 11) is -3.91. The molecular weight excluding hydrogens is 337 g/mol. The van der Waals surface area contributed by atoms with Crippen molar-refractivity contribution in [2.24, 2.45) is 0 Å². The van der Waals surface area contributed by atoms with Crippen LogP contribution in [0.4, 0.5) is 4.39 Å². The van der Waals surface area contributed by atoms with Gasteiger partial charge in [-0.15, -0.1) is 0 Å². The number of aromatic nitrogens is 2. The van der Waals surface area contributed by atoms with Gasteiger partial charge in [0.2, 0.25) is 10.0 Å². The molecule has 8 heteroatoms. The van der Waals surface area contributed by atoms with Crippen molar-refractivity contribution in [1.29, 1.82) is 0 Å². The van der Waals surface area contributed by atoms with E-state index in [-0.39, 0.29) is 6.54 Å². The maximum absolute atomic E-state index is 13.6. The zero-order valence-electron chi connectivity index (χ0n) is 9.55. The molecule has 1 aromatic carbocycles. The second kappa shape index (κ2) is 5.72. The lowest BCUT2D eigenvalue weighted by atomic mass is 10.3. The number of nitrogens with one attached hydrogen (secondary N) is 1. The zero-order chi connectivity index (χ0) is 13.9. The minimum absolute atomic E-state index is 0.0274. The largest absolute Gasteiger partial charge is 0.245 e. The molecule has 0 aliphatic heterocycles. The molecule has 0 atom stereocenters. The summed E-state index contributed by atoms with van der Waals surface area (Å²) in [6.07, 6.45) is 2.81. The highest BCUT2D eigenvalue weighted by Crippen LogP contribution is 2.19. The van der Waals surface area contributed by atoms with Crippen LogP contribution >= 0.6 is 15.9 Å². The van der Waals surface area contributed by atoms with E-state index in [1.54, 1.807) is 6.07 Å². The van der Waals surface area contributed by atoms with Crippen LogP contribution in [0.25, 0.3) is 0 Å². The van der Waals surface area contributed by atoms with Gasteiger partial charge in [-0.25, -0.2) is 27.5 Å². The van der Waals surface area contributed by atoms with E-state index >= 15 is 0 Å². The van der Waals surface area contributed by atoms with Crippen LogP contribution in [-0.4, -0.2) is 18.4 Å². The molecule has 19 heavy (non-hydrogen) atoms. The third-order valence-corrected chi connectivity index (χ3v) is 4.20. The van der Waals surface area contributed by atoms with Gasteiger partial charge in [0.1, 0.15) is 17.0 Å². The number of nitrogens with zero attached hydrogens (tertiary/aromatic N) is 2. The summed E-state index contributed by atoms with van der Waals surface area (Å²) in [6.45, 7) is -0.0274.